The minimum Gasteiger partial charge on any atom is -0.507 e. The zero-order valence-corrected chi connectivity index (χ0v) is 12.6. The summed E-state index contributed by atoms with van der Waals surface area (Å²) in [6.45, 7) is 5.33. The molecule has 2 rings (SSSR count). The highest BCUT2D eigenvalue weighted by atomic mass is 16.3. The van der Waals surface area contributed by atoms with Crippen LogP contribution < -0.4 is 5.73 Å². The molecule has 0 bridgehead atoms. The van der Waals surface area contributed by atoms with E-state index in [0.29, 0.717) is 5.56 Å². The molecule has 0 aliphatic carbocycles. The largest absolute Gasteiger partial charge is 0.507 e. The monoisotopic (exact) mass is 305 g/mol. The Morgan fingerprint density at radius 1 is 0.864 bits per heavy atom. The zero-order chi connectivity index (χ0) is 17.0. The first-order chi connectivity index (χ1) is 10.1. The van der Waals surface area contributed by atoms with Crippen molar-refractivity contribution >= 4 is 5.91 Å². The van der Waals surface area contributed by atoms with E-state index >= 15 is 0 Å². The van der Waals surface area contributed by atoms with Gasteiger partial charge in [-0.2, -0.15) is 0 Å². The lowest BCUT2D eigenvalue weighted by molar-refractivity contribution is 0.1000. The molecule has 0 radical (unpaired) electrons. The quantitative estimate of drug-likeness (QED) is 0.517. The third-order valence-corrected chi connectivity index (χ3v) is 3.15. The molecule has 6 nitrogen and oxygen atoms in total. The Hall–Kier alpha value is -2.89. The molecule has 0 unspecified atom stereocenters. The van der Waals surface area contributed by atoms with E-state index in [-0.39, 0.29) is 28.6 Å². The van der Waals surface area contributed by atoms with Crippen LogP contribution in [0.4, 0.5) is 0 Å². The molecular formula is C16H19NO5. The van der Waals surface area contributed by atoms with E-state index in [1.54, 1.807) is 13.0 Å². The maximum absolute atomic E-state index is 10.5. The molecule has 2 aromatic carbocycles. The molecule has 0 aromatic heterocycles. The van der Waals surface area contributed by atoms with Crippen molar-refractivity contribution in [1.29, 1.82) is 0 Å². The standard InChI is InChI=1S/C9H12O2.C7H7NO3/c1-5-4-6(2)9(11)7(3)8(5)10;8-7(11)4-1-2-5(9)6(10)3-4/h4,10-11H,1-3H3;1-3,9-10H,(H2,8,11). The molecule has 0 aliphatic rings. The number of phenols is 4. The number of amides is 1. The van der Waals surface area contributed by atoms with Gasteiger partial charge in [-0.1, -0.05) is 0 Å². The topological polar surface area (TPSA) is 124 Å². The first-order valence-electron chi connectivity index (χ1n) is 6.45. The molecule has 118 valence electrons. The Labute approximate surface area is 128 Å². The van der Waals surface area contributed by atoms with Gasteiger partial charge in [0.05, 0.1) is 0 Å². The Kier molecular flexibility index (Phi) is 5.23. The second-order valence-electron chi connectivity index (χ2n) is 4.90. The summed E-state index contributed by atoms with van der Waals surface area (Å²) in [5.74, 6) is -0.877. The molecule has 2 aromatic rings. The van der Waals surface area contributed by atoms with Gasteiger partial charge in [-0.05, 0) is 56.2 Å². The van der Waals surface area contributed by atoms with Crippen molar-refractivity contribution in [3.8, 4) is 23.0 Å². The van der Waals surface area contributed by atoms with Crippen molar-refractivity contribution in [2.24, 2.45) is 5.73 Å². The van der Waals surface area contributed by atoms with Crippen LogP contribution in [0.15, 0.2) is 24.3 Å². The van der Waals surface area contributed by atoms with Gasteiger partial charge in [0.1, 0.15) is 11.5 Å². The van der Waals surface area contributed by atoms with E-state index in [1.807, 2.05) is 13.8 Å². The molecule has 1 amide bonds. The first kappa shape index (κ1) is 17.2. The predicted molar refractivity (Wildman–Crippen MR) is 82.3 cm³/mol. The van der Waals surface area contributed by atoms with E-state index < -0.39 is 5.91 Å². The van der Waals surface area contributed by atoms with Gasteiger partial charge >= 0.3 is 0 Å². The second kappa shape index (κ2) is 6.71. The molecule has 6 heteroatoms. The summed E-state index contributed by atoms with van der Waals surface area (Å²) in [5, 5.41) is 36.4. The van der Waals surface area contributed by atoms with Gasteiger partial charge < -0.3 is 26.2 Å². The van der Waals surface area contributed by atoms with E-state index in [1.165, 1.54) is 12.1 Å². The van der Waals surface area contributed by atoms with Crippen LogP contribution in [0, 0.1) is 20.8 Å². The lowest BCUT2D eigenvalue weighted by Gasteiger charge is -2.07. The van der Waals surface area contributed by atoms with Gasteiger partial charge in [0.25, 0.3) is 0 Å². The number of nitrogens with two attached hydrogens (primary N) is 1. The summed E-state index contributed by atoms with van der Waals surface area (Å²) in [7, 11) is 0. The molecule has 22 heavy (non-hydrogen) atoms. The van der Waals surface area contributed by atoms with Gasteiger partial charge in [-0.25, -0.2) is 0 Å². The van der Waals surface area contributed by atoms with Gasteiger partial charge in [-0.15, -0.1) is 0 Å². The molecule has 0 spiro atoms. The maximum Gasteiger partial charge on any atom is 0.248 e. The summed E-state index contributed by atoms with van der Waals surface area (Å²) in [4.78, 5) is 10.5. The highest BCUT2D eigenvalue weighted by molar-refractivity contribution is 5.93. The minimum atomic E-state index is -0.639. The number of aromatic hydroxyl groups is 4. The van der Waals surface area contributed by atoms with Crippen molar-refractivity contribution in [3.05, 3.63) is 46.5 Å². The third kappa shape index (κ3) is 3.82. The summed E-state index contributed by atoms with van der Waals surface area (Å²) in [6, 6.07) is 5.40. The van der Waals surface area contributed by atoms with Gasteiger partial charge in [0.2, 0.25) is 5.91 Å². The SMILES string of the molecule is Cc1cc(C)c(O)c(C)c1O.NC(=O)c1ccc(O)c(O)c1. The van der Waals surface area contributed by atoms with Crippen LogP contribution in [0.2, 0.25) is 0 Å². The molecule has 0 saturated heterocycles. The number of benzene rings is 2. The molecule has 6 N–H and O–H groups in total. The van der Waals surface area contributed by atoms with Crippen LogP contribution in [-0.4, -0.2) is 26.3 Å². The fourth-order valence-corrected chi connectivity index (χ4v) is 1.84. The van der Waals surface area contributed by atoms with E-state index in [2.05, 4.69) is 0 Å². The second-order valence-corrected chi connectivity index (χ2v) is 4.90. The van der Waals surface area contributed by atoms with Gasteiger partial charge in [-0.3, -0.25) is 4.79 Å². The fraction of sp³-hybridized carbons (Fsp3) is 0.188. The molecule has 0 fully saturated rings. The number of aryl methyl sites for hydroxylation is 2. The Bertz CT molecular complexity index is 684. The number of carbonyl (C=O) groups is 1. The number of rotatable bonds is 1. The average Bonchev–Trinajstić information content (AvgIpc) is 2.46. The van der Waals surface area contributed by atoms with Crippen LogP contribution in [0.3, 0.4) is 0 Å². The van der Waals surface area contributed by atoms with Crippen LogP contribution >= 0.6 is 0 Å². The Morgan fingerprint density at radius 2 is 1.36 bits per heavy atom. The number of hydrogen-bond acceptors (Lipinski definition) is 5. The number of hydrogen-bond donors (Lipinski definition) is 5. The highest BCUT2D eigenvalue weighted by Gasteiger charge is 2.07. The van der Waals surface area contributed by atoms with Crippen LogP contribution in [-0.2, 0) is 0 Å². The van der Waals surface area contributed by atoms with E-state index in [0.717, 1.165) is 17.2 Å². The minimum absolute atomic E-state index is 0.167. The van der Waals surface area contributed by atoms with E-state index in [4.69, 9.17) is 15.9 Å². The lowest BCUT2D eigenvalue weighted by atomic mass is 10.1. The van der Waals surface area contributed by atoms with Crippen molar-refractivity contribution in [2.45, 2.75) is 20.8 Å². The summed E-state index contributed by atoms with van der Waals surface area (Å²) in [6.07, 6.45) is 0. The van der Waals surface area contributed by atoms with Crippen molar-refractivity contribution < 1.29 is 25.2 Å². The maximum atomic E-state index is 10.5. The van der Waals surface area contributed by atoms with Crippen molar-refractivity contribution in [3.63, 3.8) is 0 Å². The predicted octanol–water partition coefficient (Wildman–Crippen LogP) is 2.22. The van der Waals surface area contributed by atoms with Gasteiger partial charge in [0.15, 0.2) is 11.5 Å². The molecule has 0 heterocycles. The average molecular weight is 305 g/mol. The highest BCUT2D eigenvalue weighted by Crippen LogP contribution is 2.31. The van der Waals surface area contributed by atoms with Crippen molar-refractivity contribution in [1.82, 2.24) is 0 Å². The van der Waals surface area contributed by atoms with Crippen LogP contribution in [0.5, 0.6) is 23.0 Å². The molecule has 0 saturated carbocycles. The summed E-state index contributed by atoms with van der Waals surface area (Å²) in [5.41, 5.74) is 7.23. The normalized spacial score (nSPS) is 9.77. The number of phenolic OH excluding ortho intramolecular Hbond substituents is 4. The molecular weight excluding hydrogens is 286 g/mol. The summed E-state index contributed by atoms with van der Waals surface area (Å²) >= 11 is 0. The van der Waals surface area contributed by atoms with E-state index in [9.17, 15) is 15.0 Å². The van der Waals surface area contributed by atoms with Crippen LogP contribution in [0.1, 0.15) is 27.0 Å². The zero-order valence-electron chi connectivity index (χ0n) is 12.6. The lowest BCUT2D eigenvalue weighted by Crippen LogP contribution is -2.10. The Morgan fingerprint density at radius 3 is 1.77 bits per heavy atom. The van der Waals surface area contributed by atoms with Gasteiger partial charge in [0, 0.05) is 11.1 Å². The van der Waals surface area contributed by atoms with Crippen molar-refractivity contribution in [2.75, 3.05) is 0 Å². The Balaban J connectivity index is 0.000000220. The number of carbonyl (C=O) groups excluding carboxylic acids is 1. The number of primary amides is 1. The fourth-order valence-electron chi connectivity index (χ4n) is 1.84. The third-order valence-electron chi connectivity index (χ3n) is 3.15. The first-order valence-corrected chi connectivity index (χ1v) is 6.45. The summed E-state index contributed by atoms with van der Waals surface area (Å²) < 4.78 is 0. The van der Waals surface area contributed by atoms with Crippen LogP contribution in [0.25, 0.3) is 0 Å². The molecule has 0 aliphatic heterocycles. The smallest absolute Gasteiger partial charge is 0.248 e. The molecule has 0 atom stereocenters.